The number of nitrogens with one attached hydrogen (secondary N) is 1. The molecule has 7 heteroatoms. The molecule has 23 heavy (non-hydrogen) atoms. The molecule has 3 rings (SSSR count). The Labute approximate surface area is 142 Å². The first-order valence-corrected chi connectivity index (χ1v) is 9.43. The minimum absolute atomic E-state index is 0.164. The highest BCUT2D eigenvalue weighted by Crippen LogP contribution is 2.42. The van der Waals surface area contributed by atoms with E-state index >= 15 is 0 Å². The molecule has 1 atom stereocenters. The lowest BCUT2D eigenvalue weighted by molar-refractivity contribution is -0.301. The van der Waals surface area contributed by atoms with Gasteiger partial charge >= 0.3 is 0 Å². The molecule has 0 bridgehead atoms. The fourth-order valence-corrected chi connectivity index (χ4v) is 5.03. The topological polar surface area (TPSA) is 85.9 Å². The molecule has 2 aromatic heterocycles. The van der Waals surface area contributed by atoms with Crippen molar-refractivity contribution in [2.75, 3.05) is 5.75 Å². The number of rotatable bonds is 3. The molecule has 2 heterocycles. The van der Waals surface area contributed by atoms with E-state index in [2.05, 4.69) is 30.7 Å². The molecule has 124 valence electrons. The highest BCUT2D eigenvalue weighted by atomic mass is 32.2. The van der Waals surface area contributed by atoms with Crippen LogP contribution in [0.3, 0.4) is 0 Å². The molecule has 1 aliphatic rings. The fraction of sp³-hybridized carbons (Fsp3) is 0.562. The van der Waals surface area contributed by atoms with E-state index in [0.717, 1.165) is 36.6 Å². The van der Waals surface area contributed by atoms with Crippen molar-refractivity contribution in [1.82, 2.24) is 9.97 Å². The van der Waals surface area contributed by atoms with Crippen molar-refractivity contribution in [1.29, 1.82) is 0 Å². The third kappa shape index (κ3) is 3.30. The zero-order valence-electron chi connectivity index (χ0n) is 13.4. The van der Waals surface area contributed by atoms with Gasteiger partial charge in [-0.2, -0.15) is 0 Å². The maximum absolute atomic E-state index is 12.4. The number of fused-ring (bicyclic) bond motifs is 3. The number of nitrogens with zero attached hydrogens (tertiary/aromatic N) is 1. The summed E-state index contributed by atoms with van der Waals surface area (Å²) in [7, 11) is 0. The zero-order valence-corrected chi connectivity index (χ0v) is 15.0. The van der Waals surface area contributed by atoms with Gasteiger partial charge in [-0.25, -0.2) is 4.98 Å². The van der Waals surface area contributed by atoms with Crippen molar-refractivity contribution in [3.8, 4) is 0 Å². The number of carboxylic acids is 1. The van der Waals surface area contributed by atoms with Crippen LogP contribution >= 0.6 is 23.1 Å². The van der Waals surface area contributed by atoms with Gasteiger partial charge in [0.25, 0.3) is 5.56 Å². The summed E-state index contributed by atoms with van der Waals surface area (Å²) in [4.78, 5) is 32.1. The van der Waals surface area contributed by atoms with E-state index in [-0.39, 0.29) is 16.7 Å². The van der Waals surface area contributed by atoms with Crippen LogP contribution in [0.4, 0.5) is 0 Å². The van der Waals surface area contributed by atoms with Gasteiger partial charge in [-0.05, 0) is 36.2 Å². The lowest BCUT2D eigenvalue weighted by Crippen LogP contribution is -2.26. The summed E-state index contributed by atoms with van der Waals surface area (Å²) < 4.78 is 0. The smallest absolute Gasteiger partial charge is 0.260 e. The summed E-state index contributed by atoms with van der Waals surface area (Å²) >= 11 is 2.56. The van der Waals surface area contributed by atoms with E-state index < -0.39 is 5.97 Å². The van der Waals surface area contributed by atoms with E-state index in [1.54, 1.807) is 11.3 Å². The Bertz CT molecular complexity index is 817. The first-order valence-electron chi connectivity index (χ1n) is 7.63. The van der Waals surface area contributed by atoms with E-state index in [4.69, 9.17) is 0 Å². The Morgan fingerprint density at radius 3 is 2.87 bits per heavy atom. The van der Waals surface area contributed by atoms with Gasteiger partial charge in [0.05, 0.1) is 11.4 Å². The Morgan fingerprint density at radius 2 is 2.22 bits per heavy atom. The molecule has 0 radical (unpaired) electrons. The monoisotopic (exact) mass is 351 g/mol. The number of hydrogen-bond donors (Lipinski definition) is 1. The summed E-state index contributed by atoms with van der Waals surface area (Å²) in [6.45, 7) is 6.78. The second-order valence-corrected chi connectivity index (χ2v) is 9.07. The molecule has 0 unspecified atom stereocenters. The third-order valence-electron chi connectivity index (χ3n) is 4.45. The van der Waals surface area contributed by atoms with E-state index in [1.165, 1.54) is 4.88 Å². The molecule has 0 spiro atoms. The Hall–Kier alpha value is -1.34. The van der Waals surface area contributed by atoms with Crippen LogP contribution in [-0.4, -0.2) is 21.7 Å². The van der Waals surface area contributed by atoms with Crippen LogP contribution in [0.5, 0.6) is 0 Å². The van der Waals surface area contributed by atoms with Gasteiger partial charge < -0.3 is 14.9 Å². The minimum atomic E-state index is -1.17. The maximum Gasteiger partial charge on any atom is 0.260 e. The lowest BCUT2D eigenvalue weighted by Gasteiger charge is -2.33. The van der Waals surface area contributed by atoms with Gasteiger partial charge in [0, 0.05) is 10.6 Å². The summed E-state index contributed by atoms with van der Waals surface area (Å²) in [5, 5.41) is 11.6. The van der Waals surface area contributed by atoms with Gasteiger partial charge in [0.1, 0.15) is 4.83 Å². The molecule has 0 saturated carbocycles. The van der Waals surface area contributed by atoms with Crippen molar-refractivity contribution >= 4 is 39.3 Å². The number of aryl methyl sites for hydroxylation is 1. The molecule has 0 aliphatic heterocycles. The fourth-order valence-electron chi connectivity index (χ4n) is 3.10. The van der Waals surface area contributed by atoms with Crippen molar-refractivity contribution in [3.05, 3.63) is 20.8 Å². The molecule has 2 aromatic rings. The van der Waals surface area contributed by atoms with Gasteiger partial charge in [-0.15, -0.1) is 11.3 Å². The molecular weight excluding hydrogens is 332 g/mol. The van der Waals surface area contributed by atoms with Crippen molar-refractivity contribution in [2.24, 2.45) is 11.3 Å². The summed E-state index contributed by atoms with van der Waals surface area (Å²) in [6, 6.07) is 0. The number of hydrogen-bond acceptors (Lipinski definition) is 6. The SMILES string of the molecule is CC(C)(C)[C@@H]1CCc2c(sc3nc(SCC(=O)[O-])[nH]c(=O)c23)C1. The number of aromatic amines is 1. The number of H-pyrrole nitrogens is 1. The van der Waals surface area contributed by atoms with Gasteiger partial charge in [0.15, 0.2) is 5.16 Å². The van der Waals surface area contributed by atoms with Crippen LogP contribution in [0.25, 0.3) is 10.2 Å². The van der Waals surface area contributed by atoms with Crippen molar-refractivity contribution < 1.29 is 9.90 Å². The Kier molecular flexibility index (Phi) is 4.27. The van der Waals surface area contributed by atoms with E-state index in [0.29, 0.717) is 21.3 Å². The van der Waals surface area contributed by atoms with Crippen LogP contribution in [-0.2, 0) is 17.6 Å². The second-order valence-electron chi connectivity index (χ2n) is 7.02. The van der Waals surface area contributed by atoms with Crippen LogP contribution in [0.15, 0.2) is 9.95 Å². The predicted octanol–water partition coefficient (Wildman–Crippen LogP) is 1.98. The highest BCUT2D eigenvalue weighted by molar-refractivity contribution is 7.99. The molecule has 0 fully saturated rings. The molecular formula is C16H19N2O3S2-. The standard InChI is InChI=1S/C16H20N2O3S2/c1-16(2,3)8-4-5-9-10(6-8)23-14-12(9)13(21)17-15(18-14)22-7-11(19)20/h8H,4-7H2,1-3H3,(H,19,20)(H,17,18,21)/p-1/t8-/m1/s1. The number of carboxylic acid groups (broad SMARTS) is 1. The van der Waals surface area contributed by atoms with Crippen LogP contribution in [0.1, 0.15) is 37.6 Å². The summed E-state index contributed by atoms with van der Waals surface area (Å²) in [5.41, 5.74) is 1.22. The molecule has 0 amide bonds. The first-order chi connectivity index (χ1) is 10.8. The molecule has 5 nitrogen and oxygen atoms in total. The molecule has 1 aliphatic carbocycles. The van der Waals surface area contributed by atoms with Crippen molar-refractivity contribution in [2.45, 2.75) is 45.2 Å². The van der Waals surface area contributed by atoms with Crippen LogP contribution < -0.4 is 10.7 Å². The first kappa shape index (κ1) is 16.5. The maximum atomic E-state index is 12.4. The van der Waals surface area contributed by atoms with E-state index in [1.807, 2.05) is 0 Å². The quantitative estimate of drug-likeness (QED) is 0.675. The number of thioether (sulfide) groups is 1. The van der Waals surface area contributed by atoms with Gasteiger partial charge in [0.2, 0.25) is 0 Å². The van der Waals surface area contributed by atoms with Crippen LogP contribution in [0.2, 0.25) is 0 Å². The normalized spacial score (nSPS) is 18.1. The average molecular weight is 351 g/mol. The average Bonchev–Trinajstić information content (AvgIpc) is 2.81. The number of carbonyl (C=O) groups is 1. The van der Waals surface area contributed by atoms with E-state index in [9.17, 15) is 14.7 Å². The number of thiophene rings is 1. The minimum Gasteiger partial charge on any atom is -0.549 e. The summed E-state index contributed by atoms with van der Waals surface area (Å²) in [5.74, 6) is -0.781. The van der Waals surface area contributed by atoms with Gasteiger partial charge in [-0.3, -0.25) is 4.79 Å². The Balaban J connectivity index is 1.98. The molecule has 0 aromatic carbocycles. The lowest BCUT2D eigenvalue weighted by atomic mass is 9.72. The van der Waals surface area contributed by atoms with Crippen molar-refractivity contribution in [3.63, 3.8) is 0 Å². The second kappa shape index (κ2) is 5.94. The highest BCUT2D eigenvalue weighted by Gasteiger charge is 2.31. The van der Waals surface area contributed by atoms with Crippen LogP contribution in [0, 0.1) is 11.3 Å². The molecule has 1 N–H and O–H groups in total. The third-order valence-corrected chi connectivity index (χ3v) is 6.44. The summed E-state index contributed by atoms with van der Waals surface area (Å²) in [6.07, 6.45) is 2.98. The van der Waals surface area contributed by atoms with Gasteiger partial charge in [-0.1, -0.05) is 32.5 Å². The Morgan fingerprint density at radius 1 is 1.48 bits per heavy atom. The molecule has 0 saturated heterocycles. The largest absolute Gasteiger partial charge is 0.549 e. The zero-order chi connectivity index (χ0) is 16.8. The number of aliphatic carboxylic acids is 1. The predicted molar refractivity (Wildman–Crippen MR) is 90.9 cm³/mol. The number of carbonyl (C=O) groups excluding carboxylic acids is 1. The number of aromatic nitrogens is 2.